The molecular formula is C14H21N3O2S. The third kappa shape index (κ3) is 3.36. The fourth-order valence-electron chi connectivity index (χ4n) is 2.51. The summed E-state index contributed by atoms with van der Waals surface area (Å²) < 4.78 is 5.11. The van der Waals surface area contributed by atoms with E-state index >= 15 is 0 Å². The van der Waals surface area contributed by atoms with E-state index in [9.17, 15) is 4.79 Å². The quantitative estimate of drug-likeness (QED) is 0.867. The van der Waals surface area contributed by atoms with Crippen LogP contribution in [-0.2, 0) is 4.74 Å². The molecule has 0 N–H and O–H groups in total. The molecule has 2 heterocycles. The third-order valence-electron chi connectivity index (χ3n) is 3.50. The standard InChI is InChI=1S/C14H21N3O2S/c1-3-17(14(18)19-4-2)11-7-8-16(10-11)13-6-5-12(20)9-15-13/h5-6,9,11,20H,3-4,7-8,10H2,1-2H3. The van der Waals surface area contributed by atoms with Crippen LogP contribution in [-0.4, -0.2) is 48.3 Å². The van der Waals surface area contributed by atoms with Crippen molar-refractivity contribution in [2.24, 2.45) is 0 Å². The summed E-state index contributed by atoms with van der Waals surface area (Å²) in [5.41, 5.74) is 0. The summed E-state index contributed by atoms with van der Waals surface area (Å²) >= 11 is 4.24. The number of hydrogen-bond donors (Lipinski definition) is 1. The summed E-state index contributed by atoms with van der Waals surface area (Å²) in [7, 11) is 0. The SMILES string of the molecule is CCOC(=O)N(CC)C1CCN(c2ccc(S)cn2)C1. The maximum absolute atomic E-state index is 11.9. The van der Waals surface area contributed by atoms with Crippen molar-refractivity contribution in [1.29, 1.82) is 0 Å². The Morgan fingerprint density at radius 2 is 2.35 bits per heavy atom. The molecule has 0 radical (unpaired) electrons. The first-order valence-electron chi connectivity index (χ1n) is 6.99. The molecule has 2 rings (SSSR count). The molecule has 0 bridgehead atoms. The van der Waals surface area contributed by atoms with Crippen LogP contribution in [0.5, 0.6) is 0 Å². The molecule has 110 valence electrons. The van der Waals surface area contributed by atoms with Crippen LogP contribution in [0.1, 0.15) is 20.3 Å². The highest BCUT2D eigenvalue weighted by Gasteiger charge is 2.31. The molecule has 1 fully saturated rings. The van der Waals surface area contributed by atoms with Gasteiger partial charge in [-0.05, 0) is 32.4 Å². The molecule has 5 nitrogen and oxygen atoms in total. The lowest BCUT2D eigenvalue weighted by molar-refractivity contribution is 0.0959. The Morgan fingerprint density at radius 3 is 2.95 bits per heavy atom. The summed E-state index contributed by atoms with van der Waals surface area (Å²) in [6.07, 6.45) is 2.46. The van der Waals surface area contributed by atoms with Crippen molar-refractivity contribution in [3.63, 3.8) is 0 Å². The number of nitrogens with zero attached hydrogens (tertiary/aromatic N) is 3. The zero-order valence-electron chi connectivity index (χ0n) is 12.0. The Kier molecular flexibility index (Phi) is 5.11. The van der Waals surface area contributed by atoms with Gasteiger partial charge in [-0.15, -0.1) is 12.6 Å². The molecule has 20 heavy (non-hydrogen) atoms. The molecule has 1 aliphatic rings. The molecule has 1 aliphatic heterocycles. The Bertz CT molecular complexity index is 452. The van der Waals surface area contributed by atoms with Gasteiger partial charge in [0, 0.05) is 30.7 Å². The van der Waals surface area contributed by atoms with Gasteiger partial charge in [-0.25, -0.2) is 9.78 Å². The van der Waals surface area contributed by atoms with Gasteiger partial charge in [0.1, 0.15) is 5.82 Å². The van der Waals surface area contributed by atoms with Crippen molar-refractivity contribution >= 4 is 24.5 Å². The van der Waals surface area contributed by atoms with Crippen molar-refractivity contribution in [1.82, 2.24) is 9.88 Å². The summed E-state index contributed by atoms with van der Waals surface area (Å²) in [5, 5.41) is 0. The Balaban J connectivity index is 2.00. The molecule has 0 aromatic carbocycles. The average molecular weight is 295 g/mol. The lowest BCUT2D eigenvalue weighted by atomic mass is 10.2. The number of carbonyl (C=O) groups excluding carboxylic acids is 1. The van der Waals surface area contributed by atoms with Gasteiger partial charge in [-0.2, -0.15) is 0 Å². The number of aromatic nitrogens is 1. The van der Waals surface area contributed by atoms with Gasteiger partial charge in [0.05, 0.1) is 12.6 Å². The Labute approximate surface area is 125 Å². The summed E-state index contributed by atoms with van der Waals surface area (Å²) in [6, 6.07) is 4.09. The number of amides is 1. The van der Waals surface area contributed by atoms with Gasteiger partial charge < -0.3 is 14.5 Å². The van der Waals surface area contributed by atoms with Crippen molar-refractivity contribution in [3.05, 3.63) is 18.3 Å². The van der Waals surface area contributed by atoms with E-state index in [1.54, 1.807) is 11.1 Å². The predicted molar refractivity (Wildman–Crippen MR) is 81.5 cm³/mol. The average Bonchev–Trinajstić information content (AvgIpc) is 2.90. The van der Waals surface area contributed by atoms with Crippen LogP contribution in [0.2, 0.25) is 0 Å². The number of ether oxygens (including phenoxy) is 1. The number of pyridine rings is 1. The highest BCUT2D eigenvalue weighted by molar-refractivity contribution is 7.80. The number of anilines is 1. The van der Waals surface area contributed by atoms with Crippen LogP contribution in [0.3, 0.4) is 0 Å². The van der Waals surface area contributed by atoms with Crippen molar-refractivity contribution < 1.29 is 9.53 Å². The van der Waals surface area contributed by atoms with E-state index in [0.717, 1.165) is 30.2 Å². The number of carbonyl (C=O) groups is 1. The van der Waals surface area contributed by atoms with Gasteiger partial charge in [0.2, 0.25) is 0 Å². The van der Waals surface area contributed by atoms with E-state index in [2.05, 4.69) is 22.5 Å². The van der Waals surface area contributed by atoms with Crippen molar-refractivity contribution in [2.75, 3.05) is 31.1 Å². The first kappa shape index (κ1) is 15.0. The molecular weight excluding hydrogens is 274 g/mol. The van der Waals surface area contributed by atoms with Crippen LogP contribution in [0.25, 0.3) is 0 Å². The third-order valence-corrected chi connectivity index (χ3v) is 3.77. The summed E-state index contributed by atoms with van der Waals surface area (Å²) in [4.78, 5) is 21.1. The zero-order chi connectivity index (χ0) is 14.5. The molecule has 1 atom stereocenters. The van der Waals surface area contributed by atoms with E-state index in [1.165, 1.54) is 0 Å². The van der Waals surface area contributed by atoms with Gasteiger partial charge in [-0.3, -0.25) is 0 Å². The van der Waals surface area contributed by atoms with E-state index in [4.69, 9.17) is 4.74 Å². The lowest BCUT2D eigenvalue weighted by Gasteiger charge is -2.27. The molecule has 6 heteroatoms. The van der Waals surface area contributed by atoms with Crippen LogP contribution >= 0.6 is 12.6 Å². The molecule has 1 unspecified atom stereocenters. The van der Waals surface area contributed by atoms with Crippen LogP contribution in [0.15, 0.2) is 23.2 Å². The Hall–Kier alpha value is -1.43. The number of hydrogen-bond acceptors (Lipinski definition) is 5. The topological polar surface area (TPSA) is 45.7 Å². The fraction of sp³-hybridized carbons (Fsp3) is 0.571. The minimum Gasteiger partial charge on any atom is -0.450 e. The maximum Gasteiger partial charge on any atom is 0.410 e. The first-order chi connectivity index (χ1) is 9.65. The van der Waals surface area contributed by atoms with Gasteiger partial charge in [0.15, 0.2) is 0 Å². The highest BCUT2D eigenvalue weighted by atomic mass is 32.1. The van der Waals surface area contributed by atoms with Crippen LogP contribution < -0.4 is 4.90 Å². The van der Waals surface area contributed by atoms with Gasteiger partial charge in [0.25, 0.3) is 0 Å². The minimum absolute atomic E-state index is 0.191. The van der Waals surface area contributed by atoms with Gasteiger partial charge >= 0.3 is 6.09 Å². The number of rotatable bonds is 4. The Morgan fingerprint density at radius 1 is 1.55 bits per heavy atom. The summed E-state index contributed by atoms with van der Waals surface area (Å²) in [5.74, 6) is 0.935. The van der Waals surface area contributed by atoms with Crippen LogP contribution in [0.4, 0.5) is 10.6 Å². The lowest BCUT2D eigenvalue weighted by Crippen LogP contribution is -2.42. The van der Waals surface area contributed by atoms with Crippen LogP contribution in [0, 0.1) is 0 Å². The monoisotopic (exact) mass is 295 g/mol. The fourth-order valence-corrected chi connectivity index (χ4v) is 2.64. The molecule has 0 saturated carbocycles. The van der Waals surface area contributed by atoms with Gasteiger partial charge in [-0.1, -0.05) is 0 Å². The molecule has 1 amide bonds. The normalized spacial score (nSPS) is 18.1. The first-order valence-corrected chi connectivity index (χ1v) is 7.43. The van der Waals surface area contributed by atoms with E-state index in [0.29, 0.717) is 13.2 Å². The number of thiol groups is 1. The van der Waals surface area contributed by atoms with E-state index in [-0.39, 0.29) is 12.1 Å². The maximum atomic E-state index is 11.9. The van der Waals surface area contributed by atoms with Crippen molar-refractivity contribution in [2.45, 2.75) is 31.2 Å². The smallest absolute Gasteiger partial charge is 0.410 e. The van der Waals surface area contributed by atoms with E-state index < -0.39 is 0 Å². The van der Waals surface area contributed by atoms with Crippen molar-refractivity contribution in [3.8, 4) is 0 Å². The summed E-state index contributed by atoms with van der Waals surface area (Å²) in [6.45, 7) is 6.59. The molecule has 1 aromatic rings. The number of likely N-dealkylation sites (N-methyl/N-ethyl adjacent to an activating group) is 1. The second kappa shape index (κ2) is 6.83. The highest BCUT2D eigenvalue weighted by Crippen LogP contribution is 2.22. The molecule has 1 saturated heterocycles. The largest absolute Gasteiger partial charge is 0.450 e. The second-order valence-corrected chi connectivity index (χ2v) is 5.26. The second-order valence-electron chi connectivity index (χ2n) is 4.75. The molecule has 1 aromatic heterocycles. The molecule has 0 spiro atoms. The van der Waals surface area contributed by atoms with E-state index in [1.807, 2.05) is 26.0 Å². The molecule has 0 aliphatic carbocycles. The minimum atomic E-state index is -0.222. The zero-order valence-corrected chi connectivity index (χ0v) is 12.8. The predicted octanol–water partition coefficient (Wildman–Crippen LogP) is 2.43.